The first-order valence-corrected chi connectivity index (χ1v) is 12.6. The lowest BCUT2D eigenvalue weighted by molar-refractivity contribution is -0.122. The zero-order valence-electron chi connectivity index (χ0n) is 19.9. The molecule has 0 saturated carbocycles. The fourth-order valence-corrected chi connectivity index (χ4v) is 4.73. The number of carbonyl (C=O) groups excluding carboxylic acids is 3. The number of urea groups is 1. The van der Waals surface area contributed by atoms with Gasteiger partial charge in [-0.05, 0) is 65.2 Å². The van der Waals surface area contributed by atoms with Crippen molar-refractivity contribution in [2.45, 2.75) is 13.5 Å². The third-order valence-corrected chi connectivity index (χ3v) is 7.21. The molecule has 1 aliphatic rings. The minimum atomic E-state index is -0.888. The number of halogens is 3. The van der Waals surface area contributed by atoms with Crippen molar-refractivity contribution in [2.75, 3.05) is 4.90 Å². The molecule has 1 heterocycles. The number of imide groups is 2. The standard InChI is InChI=1S/C29H19Cl3N2O4/c1-16-6-8-18-4-2-3-5-20(18)22(16)15-38-26-11-7-17(13-25(26)32)12-21-27(35)33-29(37)34(28(21)36)19-9-10-23(30)24(31)14-19/h2-14H,15H2,1H3,(H,33,35,37)/b21-12+. The summed E-state index contributed by atoms with van der Waals surface area (Å²) < 4.78 is 6.03. The van der Waals surface area contributed by atoms with E-state index in [1.165, 1.54) is 24.3 Å². The number of hydrogen-bond donors (Lipinski definition) is 1. The van der Waals surface area contributed by atoms with Gasteiger partial charge in [0, 0.05) is 5.56 Å². The number of benzene rings is 4. The van der Waals surface area contributed by atoms with Crippen LogP contribution in [0.15, 0.2) is 78.4 Å². The van der Waals surface area contributed by atoms with E-state index < -0.39 is 17.8 Å². The molecule has 0 atom stereocenters. The normalized spacial score (nSPS) is 14.8. The maximum atomic E-state index is 13.1. The van der Waals surface area contributed by atoms with Crippen molar-refractivity contribution < 1.29 is 19.1 Å². The van der Waals surface area contributed by atoms with E-state index in [1.807, 2.05) is 25.1 Å². The predicted octanol–water partition coefficient (Wildman–Crippen LogP) is 7.35. The zero-order chi connectivity index (χ0) is 27.0. The van der Waals surface area contributed by atoms with Gasteiger partial charge in [-0.2, -0.15) is 0 Å². The van der Waals surface area contributed by atoms with Crippen LogP contribution < -0.4 is 15.0 Å². The molecule has 38 heavy (non-hydrogen) atoms. The number of anilines is 1. The summed E-state index contributed by atoms with van der Waals surface area (Å²) in [4.78, 5) is 38.9. The van der Waals surface area contributed by atoms with Crippen LogP contribution in [-0.4, -0.2) is 17.8 Å². The summed E-state index contributed by atoms with van der Waals surface area (Å²) in [6.07, 6.45) is 1.36. The molecule has 1 aliphatic heterocycles. The Morgan fingerprint density at radius 3 is 2.42 bits per heavy atom. The van der Waals surface area contributed by atoms with Crippen LogP contribution in [0.25, 0.3) is 16.8 Å². The van der Waals surface area contributed by atoms with Crippen molar-refractivity contribution in [1.82, 2.24) is 5.32 Å². The highest BCUT2D eigenvalue weighted by atomic mass is 35.5. The molecule has 9 heteroatoms. The molecule has 1 N–H and O–H groups in total. The minimum absolute atomic E-state index is 0.160. The van der Waals surface area contributed by atoms with Gasteiger partial charge >= 0.3 is 6.03 Å². The first-order valence-electron chi connectivity index (χ1n) is 11.5. The van der Waals surface area contributed by atoms with E-state index in [0.29, 0.717) is 22.9 Å². The van der Waals surface area contributed by atoms with Gasteiger partial charge in [0.1, 0.15) is 17.9 Å². The van der Waals surface area contributed by atoms with E-state index >= 15 is 0 Å². The smallest absolute Gasteiger partial charge is 0.335 e. The average Bonchev–Trinajstić information content (AvgIpc) is 2.89. The molecule has 0 spiro atoms. The number of amides is 4. The number of rotatable bonds is 5. The Morgan fingerprint density at radius 1 is 0.868 bits per heavy atom. The molecule has 5 rings (SSSR count). The van der Waals surface area contributed by atoms with Crippen LogP contribution in [0.3, 0.4) is 0 Å². The lowest BCUT2D eigenvalue weighted by Gasteiger charge is -2.26. The Kier molecular flexibility index (Phi) is 7.13. The fourth-order valence-electron chi connectivity index (χ4n) is 4.19. The Labute approximate surface area is 233 Å². The molecule has 1 fully saturated rings. The van der Waals surface area contributed by atoms with E-state index in [9.17, 15) is 14.4 Å². The molecule has 1 saturated heterocycles. The topological polar surface area (TPSA) is 75.7 Å². The Morgan fingerprint density at radius 2 is 1.66 bits per heavy atom. The molecule has 4 amide bonds. The number of barbiturate groups is 1. The van der Waals surface area contributed by atoms with Crippen LogP contribution in [-0.2, 0) is 16.2 Å². The summed E-state index contributed by atoms with van der Waals surface area (Å²) in [6, 6.07) is 20.5. The molecule has 0 aromatic heterocycles. The molecule has 4 aromatic carbocycles. The highest BCUT2D eigenvalue weighted by molar-refractivity contribution is 6.43. The maximum absolute atomic E-state index is 13.1. The molecule has 190 valence electrons. The lowest BCUT2D eigenvalue weighted by Crippen LogP contribution is -2.54. The molecule has 0 aliphatic carbocycles. The van der Waals surface area contributed by atoms with Gasteiger partial charge in [0.05, 0.1) is 20.8 Å². The Hall–Kier alpha value is -3.84. The van der Waals surface area contributed by atoms with Crippen molar-refractivity contribution >= 4 is 75.2 Å². The maximum Gasteiger partial charge on any atom is 0.335 e. The van der Waals surface area contributed by atoms with Gasteiger partial charge in [-0.15, -0.1) is 0 Å². The molecule has 4 aromatic rings. The zero-order valence-corrected chi connectivity index (χ0v) is 22.2. The van der Waals surface area contributed by atoms with Gasteiger partial charge < -0.3 is 4.74 Å². The first-order chi connectivity index (χ1) is 18.2. The molecule has 0 unspecified atom stereocenters. The first kappa shape index (κ1) is 25.8. The number of ether oxygens (including phenoxy) is 1. The summed E-state index contributed by atoms with van der Waals surface area (Å²) in [5.41, 5.74) is 2.56. The minimum Gasteiger partial charge on any atom is -0.487 e. The lowest BCUT2D eigenvalue weighted by atomic mass is 10.0. The highest BCUT2D eigenvalue weighted by Crippen LogP contribution is 2.32. The summed E-state index contributed by atoms with van der Waals surface area (Å²) in [7, 11) is 0. The number of nitrogens with one attached hydrogen (secondary N) is 1. The van der Waals surface area contributed by atoms with Gasteiger partial charge in [-0.1, -0.05) is 77.3 Å². The summed E-state index contributed by atoms with van der Waals surface area (Å²) in [5.74, 6) is -1.17. The second-order valence-electron chi connectivity index (χ2n) is 8.62. The largest absolute Gasteiger partial charge is 0.487 e. The van der Waals surface area contributed by atoms with Crippen LogP contribution in [0, 0.1) is 6.92 Å². The summed E-state index contributed by atoms with van der Waals surface area (Å²) in [5, 5.41) is 5.12. The Balaban J connectivity index is 1.39. The monoisotopic (exact) mass is 564 g/mol. The molecular formula is C29H19Cl3N2O4. The van der Waals surface area contributed by atoms with Crippen LogP contribution in [0.4, 0.5) is 10.5 Å². The Bertz CT molecular complexity index is 1670. The van der Waals surface area contributed by atoms with Crippen molar-refractivity contribution in [3.05, 3.63) is 110 Å². The number of hydrogen-bond acceptors (Lipinski definition) is 4. The summed E-state index contributed by atoms with van der Waals surface area (Å²) >= 11 is 18.5. The number of fused-ring (bicyclic) bond motifs is 1. The SMILES string of the molecule is Cc1ccc2ccccc2c1COc1ccc(/C=C2\C(=O)NC(=O)N(c3ccc(Cl)c(Cl)c3)C2=O)cc1Cl. The molecule has 0 radical (unpaired) electrons. The van der Waals surface area contributed by atoms with Crippen LogP contribution in [0.5, 0.6) is 5.75 Å². The van der Waals surface area contributed by atoms with E-state index in [0.717, 1.165) is 26.8 Å². The van der Waals surface area contributed by atoms with E-state index in [1.54, 1.807) is 18.2 Å². The second-order valence-corrected chi connectivity index (χ2v) is 9.84. The average molecular weight is 566 g/mol. The third-order valence-electron chi connectivity index (χ3n) is 6.18. The van der Waals surface area contributed by atoms with Gasteiger partial charge in [0.15, 0.2) is 0 Å². The van der Waals surface area contributed by atoms with Crippen LogP contribution >= 0.6 is 34.8 Å². The van der Waals surface area contributed by atoms with Crippen LogP contribution in [0.1, 0.15) is 16.7 Å². The predicted molar refractivity (Wildman–Crippen MR) is 150 cm³/mol. The highest BCUT2D eigenvalue weighted by Gasteiger charge is 2.37. The van der Waals surface area contributed by atoms with E-state index in [4.69, 9.17) is 39.5 Å². The quantitative estimate of drug-likeness (QED) is 0.203. The van der Waals surface area contributed by atoms with E-state index in [-0.39, 0.29) is 21.3 Å². The van der Waals surface area contributed by atoms with Gasteiger partial charge in [0.2, 0.25) is 0 Å². The van der Waals surface area contributed by atoms with Crippen molar-refractivity contribution in [3.8, 4) is 5.75 Å². The van der Waals surface area contributed by atoms with Gasteiger partial charge in [0.25, 0.3) is 11.8 Å². The number of aryl methyl sites for hydroxylation is 1. The van der Waals surface area contributed by atoms with Crippen LogP contribution in [0.2, 0.25) is 15.1 Å². The number of carbonyl (C=O) groups is 3. The fraction of sp³-hybridized carbons (Fsp3) is 0.0690. The van der Waals surface area contributed by atoms with Gasteiger partial charge in [-0.3, -0.25) is 14.9 Å². The molecule has 6 nitrogen and oxygen atoms in total. The summed E-state index contributed by atoms with van der Waals surface area (Å²) in [6.45, 7) is 2.34. The number of nitrogens with zero attached hydrogens (tertiary/aromatic N) is 1. The van der Waals surface area contributed by atoms with E-state index in [2.05, 4.69) is 23.5 Å². The van der Waals surface area contributed by atoms with Crippen molar-refractivity contribution in [1.29, 1.82) is 0 Å². The second kappa shape index (κ2) is 10.5. The molecular weight excluding hydrogens is 547 g/mol. The third kappa shape index (κ3) is 4.98. The van der Waals surface area contributed by atoms with Crippen molar-refractivity contribution in [2.24, 2.45) is 0 Å². The van der Waals surface area contributed by atoms with Gasteiger partial charge in [-0.25, -0.2) is 9.69 Å². The van der Waals surface area contributed by atoms with Crippen molar-refractivity contribution in [3.63, 3.8) is 0 Å². The molecule has 0 bridgehead atoms.